The van der Waals surface area contributed by atoms with Gasteiger partial charge in [0.05, 0.1) is 22.3 Å². The molecule has 2 aliphatic rings. The predicted octanol–water partition coefficient (Wildman–Crippen LogP) is 22.9. The molecule has 0 saturated carbocycles. The van der Waals surface area contributed by atoms with Gasteiger partial charge in [0.2, 0.25) is 0 Å². The summed E-state index contributed by atoms with van der Waals surface area (Å²) in [5.41, 5.74) is 0.0792. The van der Waals surface area contributed by atoms with E-state index in [2.05, 4.69) is 36.3 Å². The van der Waals surface area contributed by atoms with E-state index in [-0.39, 0.29) is 205 Å². The molecule has 4 heterocycles. The molecular formula is C112H72N4O24. The number of pyridine rings is 2. The third-order valence-electron chi connectivity index (χ3n) is 22.3. The summed E-state index contributed by atoms with van der Waals surface area (Å²) < 4.78 is 88.9. The van der Waals surface area contributed by atoms with Crippen LogP contribution in [0.15, 0.2) is 379 Å². The van der Waals surface area contributed by atoms with Gasteiger partial charge in [-0.3, -0.25) is 38.9 Å². The van der Waals surface area contributed by atoms with E-state index in [9.17, 15) is 19.2 Å². The van der Waals surface area contributed by atoms with Crippen molar-refractivity contribution < 1.29 is 114 Å². The Labute approximate surface area is 795 Å². The van der Waals surface area contributed by atoms with Gasteiger partial charge in [0, 0.05) is 129 Å². The summed E-state index contributed by atoms with van der Waals surface area (Å²) in [7, 11) is 0. The number of carbonyl (C=O) groups is 10. The minimum Gasteiger partial charge on any atom is -0.457 e. The van der Waals surface area contributed by atoms with Crippen LogP contribution < -0.4 is 66.3 Å². The molecule has 2 aromatic heterocycles. The highest BCUT2D eigenvalue weighted by Crippen LogP contribution is 2.59. The number of imide groups is 2. The number of nitrogens with zero attached hydrogens (tertiary/aromatic N) is 4. The summed E-state index contributed by atoms with van der Waals surface area (Å²) in [6, 6.07) is 75.6. The molecule has 0 N–H and O–H groups in total. The molecule has 0 radical (unpaired) electrons. The number of carbonyl (C=O) groups excluding carboxylic acids is 10. The molecule has 28 heteroatoms. The largest absolute Gasteiger partial charge is 0.457 e. The fourth-order valence-corrected chi connectivity index (χ4v) is 16.2. The maximum Gasteiger partial charge on any atom is 0.335 e. The van der Waals surface area contributed by atoms with Gasteiger partial charge >= 0.3 is 35.8 Å². The Hall–Kier alpha value is -19.6. The van der Waals surface area contributed by atoms with Crippen molar-refractivity contribution in [2.24, 2.45) is 0 Å². The Morgan fingerprint density at radius 3 is 0.700 bits per heavy atom. The quantitative estimate of drug-likeness (QED) is 0.00903. The molecule has 684 valence electrons. The maximum absolute atomic E-state index is 17.0. The average Bonchev–Trinajstić information content (AvgIpc) is 0.668. The first kappa shape index (κ1) is 89.6. The van der Waals surface area contributed by atoms with Crippen LogP contribution in [0, 0.1) is 0 Å². The number of aromatic nitrogens is 2. The Bertz CT molecular complexity index is 7040. The number of rotatable bonds is 34. The van der Waals surface area contributed by atoms with E-state index in [4.69, 9.17) is 66.3 Å². The second kappa shape index (κ2) is 39.3. The average molecular weight is 1860 g/mol. The van der Waals surface area contributed by atoms with E-state index in [0.29, 0.717) is 11.1 Å². The molecule has 2 unspecified atom stereocenters. The van der Waals surface area contributed by atoms with Crippen LogP contribution in [0.3, 0.4) is 0 Å². The number of hydrogen-bond acceptors (Lipinski definition) is 26. The van der Waals surface area contributed by atoms with Gasteiger partial charge in [0.1, 0.15) is 139 Å². The number of benzene rings is 15. The lowest BCUT2D eigenvalue weighted by Crippen LogP contribution is -2.52. The molecule has 140 heavy (non-hydrogen) atoms. The van der Waals surface area contributed by atoms with Crippen molar-refractivity contribution in [3.8, 4) is 126 Å². The fourth-order valence-electron chi connectivity index (χ4n) is 16.2. The van der Waals surface area contributed by atoms with E-state index in [1.807, 2.05) is 0 Å². The molecule has 0 bridgehead atoms. The number of fused-ring (bicyclic) bond motifs is 2. The monoisotopic (exact) mass is 1860 g/mol. The van der Waals surface area contributed by atoms with Gasteiger partial charge in [-0.2, -0.15) is 0 Å². The predicted molar refractivity (Wildman–Crippen MR) is 512 cm³/mol. The smallest absolute Gasteiger partial charge is 0.335 e. The van der Waals surface area contributed by atoms with Gasteiger partial charge in [-0.15, -0.1) is 0 Å². The Morgan fingerprint density at radius 2 is 0.464 bits per heavy atom. The zero-order valence-corrected chi connectivity index (χ0v) is 73.5. The van der Waals surface area contributed by atoms with Crippen molar-refractivity contribution in [1.29, 1.82) is 0 Å². The zero-order valence-electron chi connectivity index (χ0n) is 73.5. The van der Waals surface area contributed by atoms with Crippen molar-refractivity contribution in [2.45, 2.75) is 24.9 Å². The van der Waals surface area contributed by atoms with Gasteiger partial charge in [0.25, 0.3) is 23.6 Å². The third kappa shape index (κ3) is 19.1. The zero-order chi connectivity index (χ0) is 96.6. The van der Waals surface area contributed by atoms with Gasteiger partial charge in [0.15, 0.2) is 0 Å². The highest BCUT2D eigenvalue weighted by Gasteiger charge is 2.48. The lowest BCUT2D eigenvalue weighted by atomic mass is 9.80. The van der Waals surface area contributed by atoms with Crippen molar-refractivity contribution in [3.05, 3.63) is 412 Å². The lowest BCUT2D eigenvalue weighted by molar-refractivity contribution is -0.139. The maximum atomic E-state index is 17.0. The van der Waals surface area contributed by atoms with Crippen LogP contribution in [-0.4, -0.2) is 91.3 Å². The lowest BCUT2D eigenvalue weighted by Gasteiger charge is -2.35. The van der Waals surface area contributed by atoms with Crippen molar-refractivity contribution in [1.82, 2.24) is 19.8 Å². The van der Waals surface area contributed by atoms with E-state index in [1.165, 1.54) is 97.6 Å². The second-order valence-corrected chi connectivity index (χ2v) is 31.4. The van der Waals surface area contributed by atoms with Crippen molar-refractivity contribution in [2.75, 3.05) is 0 Å². The van der Waals surface area contributed by atoms with E-state index < -0.39 is 71.5 Å². The molecule has 19 rings (SSSR count). The summed E-state index contributed by atoms with van der Waals surface area (Å²) in [6.07, 6.45) is 9.08. The molecule has 2 aliphatic heterocycles. The third-order valence-corrected chi connectivity index (χ3v) is 22.3. The summed E-state index contributed by atoms with van der Waals surface area (Å²) in [5, 5.41) is -0.0502. The molecule has 28 nitrogen and oxygen atoms in total. The molecular weight excluding hydrogens is 1790 g/mol. The molecule has 0 saturated heterocycles. The Kier molecular flexibility index (Phi) is 25.1. The van der Waals surface area contributed by atoms with Gasteiger partial charge < -0.3 is 66.3 Å². The molecule has 0 fully saturated rings. The van der Waals surface area contributed by atoms with Crippen LogP contribution in [0.4, 0.5) is 0 Å². The van der Waals surface area contributed by atoms with Crippen LogP contribution >= 0.6 is 0 Å². The number of hydrogen-bond donors (Lipinski definition) is 0. The van der Waals surface area contributed by atoms with Crippen LogP contribution in [0.5, 0.6) is 126 Å². The van der Waals surface area contributed by atoms with Gasteiger partial charge in [-0.1, -0.05) is 111 Å². The second-order valence-electron chi connectivity index (χ2n) is 31.4. The molecule has 15 aromatic carbocycles. The minimum atomic E-state index is -1.75. The summed E-state index contributed by atoms with van der Waals surface area (Å²) >= 11 is 0. The fraction of sp³-hybridized carbons (Fsp3) is 0.0357. The molecule has 0 aliphatic carbocycles. The molecule has 17 aromatic rings. The summed E-state index contributed by atoms with van der Waals surface area (Å²) in [4.78, 5) is 159. The Balaban J connectivity index is 0.898. The van der Waals surface area contributed by atoms with Gasteiger partial charge in [-0.25, -0.2) is 28.8 Å². The first-order chi connectivity index (χ1) is 68.2. The minimum absolute atomic E-state index is 0.0101. The first-order valence-electron chi connectivity index (χ1n) is 43.3. The van der Waals surface area contributed by atoms with E-state index in [1.54, 1.807) is 231 Å². The summed E-state index contributed by atoms with van der Waals surface area (Å²) in [6.45, 7) is 14.0. The highest BCUT2D eigenvalue weighted by atomic mass is 16.6. The number of esters is 6. The van der Waals surface area contributed by atoms with E-state index >= 15 is 28.8 Å². The Morgan fingerprint density at radius 1 is 0.236 bits per heavy atom. The van der Waals surface area contributed by atoms with Crippen molar-refractivity contribution >= 4 is 103 Å². The van der Waals surface area contributed by atoms with Crippen LogP contribution in [-0.2, 0) is 41.6 Å². The normalized spacial score (nSPS) is 12.3. The first-order valence-corrected chi connectivity index (χ1v) is 43.3. The van der Waals surface area contributed by atoms with Gasteiger partial charge in [-0.05, 0) is 205 Å². The van der Waals surface area contributed by atoms with E-state index in [0.717, 1.165) is 34.1 Å². The van der Waals surface area contributed by atoms with Crippen LogP contribution in [0.1, 0.15) is 52.6 Å². The topological polar surface area (TPSA) is 332 Å². The molecule has 4 amide bonds. The number of ether oxygens (including phenoxy) is 14. The van der Waals surface area contributed by atoms with Crippen LogP contribution in [0.2, 0.25) is 0 Å². The molecule has 2 atom stereocenters. The molecule has 0 spiro atoms. The standard InChI is InChI=1S/C112H72N4O24/c1-5-95(117)135-81-27-15-23-77(57-81)127-67-31-39-71(40-32-67)131-91-61-85-99-86(108(122)115(107(85)121)89(55-65-19-11-9-12-20-65)111(125)139-75-47-51-113-52-48-75)63-93(133-73-43-35-69(36-44-73)129-79-25-17-29-83(59-79)137-97(119)7-3)103-104-94(134-74-45-37-70(38-46-74)130-80-26-18-30-84(60-80)138-98(120)8-4)64-88-100-87(109(123)116(110(88)124)90(56-66-21-13-10-14-22-66)112(126)140-76-49-53-114-54-50-76)62-92(102(106(100)104)101(91)105(99)103)132-72-41-33-68(34-42-72)128-78-24-16-28-82(58-78)136-96(118)6-2/h5-54,57-64,89-90H,1-4,55-56H2. The van der Waals surface area contributed by atoms with Crippen molar-refractivity contribution in [3.63, 3.8) is 0 Å². The SMILES string of the molecule is C=CC(=O)Oc1cccc(Oc2ccc(Oc3cc4c5c(cc(Oc6ccc(Oc7cccc(OC(=O)C=C)c7)cc6)c6c7c(Oc8ccc(Oc9cccc(OC(=O)C=C)c9)cc8)cc8c9c(cc(Oc%10ccc(Oc%11cccc(OC(=O)C=C)c%11)cc%10)c(c3c56)c97)C(=O)N(C(Cc3ccccc3)C(=O)Oc3ccncc3)C8=O)C(=O)N(C(Cc3ccccc3)C(=O)Oc3ccncc3)C4=O)cc2)c1. The number of amides is 4. The van der Waals surface area contributed by atoms with Crippen LogP contribution in [0.25, 0.3) is 43.1 Å². The highest BCUT2D eigenvalue weighted by molar-refractivity contribution is 6.45. The summed E-state index contributed by atoms with van der Waals surface area (Å²) in [5.74, 6) is -6.80.